The number of fused-ring (bicyclic) bond motifs is 2. The van der Waals surface area contributed by atoms with E-state index in [1.54, 1.807) is 47.4 Å². The molecule has 0 bridgehead atoms. The maximum Gasteiger partial charge on any atom is 0.329 e. The van der Waals surface area contributed by atoms with Gasteiger partial charge in [-0.1, -0.05) is 35.5 Å². The molecule has 2 aromatic carbocycles. The minimum atomic E-state index is -0.395. The van der Waals surface area contributed by atoms with Crippen molar-refractivity contribution in [3.63, 3.8) is 0 Å². The molecule has 2 amide bonds. The number of carbonyl (C=O) groups excluding carboxylic acids is 1. The van der Waals surface area contributed by atoms with E-state index >= 15 is 0 Å². The summed E-state index contributed by atoms with van der Waals surface area (Å²) in [7, 11) is 0. The van der Waals surface area contributed by atoms with Crippen LogP contribution in [0.1, 0.15) is 13.8 Å². The van der Waals surface area contributed by atoms with E-state index in [0.717, 1.165) is 33.9 Å². The summed E-state index contributed by atoms with van der Waals surface area (Å²) in [6.45, 7) is 7.68. The van der Waals surface area contributed by atoms with Crippen molar-refractivity contribution in [3.05, 3.63) is 86.1 Å². The van der Waals surface area contributed by atoms with Crippen LogP contribution in [0.15, 0.2) is 80.5 Å². The first-order chi connectivity index (χ1) is 15.8. The van der Waals surface area contributed by atoms with Crippen LogP contribution in [0.5, 0.6) is 0 Å². The van der Waals surface area contributed by atoms with Gasteiger partial charge in [0.25, 0.3) is 5.56 Å². The third-order valence-electron chi connectivity index (χ3n) is 4.70. The number of aromatic nitrogens is 3. The van der Waals surface area contributed by atoms with Gasteiger partial charge in [0.15, 0.2) is 0 Å². The van der Waals surface area contributed by atoms with Crippen LogP contribution >= 0.6 is 35.3 Å². The molecule has 2 aromatic heterocycles. The molecule has 4 rings (SSSR count). The lowest BCUT2D eigenvalue weighted by molar-refractivity contribution is 0.257. The van der Waals surface area contributed by atoms with Crippen molar-refractivity contribution in [2.75, 3.05) is 5.32 Å². The first-order valence-electron chi connectivity index (χ1n) is 9.84. The quantitative estimate of drug-likeness (QED) is 0.271. The highest BCUT2D eigenvalue weighted by Gasteiger charge is 2.09. The zero-order valence-electron chi connectivity index (χ0n) is 17.8. The Hall–Kier alpha value is -3.14. The van der Waals surface area contributed by atoms with Crippen LogP contribution in [0, 0.1) is 0 Å². The topological polar surface area (TPSA) is 91.8 Å². The first-order valence-corrected chi connectivity index (χ1v) is 11.9. The third-order valence-corrected chi connectivity index (χ3v) is 7.14. The molecule has 0 saturated heterocycles. The first kappa shape index (κ1) is 23.0. The summed E-state index contributed by atoms with van der Waals surface area (Å²) < 4.78 is 5.50. The fourth-order valence-corrected chi connectivity index (χ4v) is 4.69. The van der Waals surface area contributed by atoms with Crippen LogP contribution in [0.25, 0.3) is 27.5 Å². The summed E-state index contributed by atoms with van der Waals surface area (Å²) in [5.74, 6) is 0. The Bertz CT molecular complexity index is 1450. The maximum atomic E-state index is 13.0. The SMILES string of the molecule is C=C(SNC(=O)Nc1ccc(-n2ccc3cc4[nH]cnc4cc3c2=O)cc1)SC(Cl)=C(C)C. The molecule has 0 aliphatic rings. The van der Waals surface area contributed by atoms with Crippen molar-refractivity contribution in [3.8, 4) is 5.69 Å². The Morgan fingerprint density at radius 3 is 2.67 bits per heavy atom. The van der Waals surface area contributed by atoms with Gasteiger partial charge in [-0.25, -0.2) is 9.78 Å². The van der Waals surface area contributed by atoms with Gasteiger partial charge in [0.05, 0.1) is 26.0 Å². The highest BCUT2D eigenvalue weighted by molar-refractivity contribution is 8.24. The van der Waals surface area contributed by atoms with Crippen molar-refractivity contribution in [1.82, 2.24) is 19.3 Å². The maximum absolute atomic E-state index is 13.0. The number of carbonyl (C=O) groups is 1. The minimum Gasteiger partial charge on any atom is -0.345 e. The van der Waals surface area contributed by atoms with Crippen LogP contribution in [0.2, 0.25) is 0 Å². The van der Waals surface area contributed by atoms with Crippen molar-refractivity contribution >= 4 is 68.8 Å². The Kier molecular flexibility index (Phi) is 6.83. The molecule has 10 heteroatoms. The van der Waals surface area contributed by atoms with Crippen molar-refractivity contribution in [1.29, 1.82) is 0 Å². The number of aromatic amines is 1. The lowest BCUT2D eigenvalue weighted by Crippen LogP contribution is -2.22. The van der Waals surface area contributed by atoms with Gasteiger partial charge in [-0.15, -0.1) is 0 Å². The highest BCUT2D eigenvalue weighted by Crippen LogP contribution is 2.35. The molecular weight excluding hydrogens is 478 g/mol. The number of hydrogen-bond acceptors (Lipinski definition) is 5. The number of nitrogens with one attached hydrogen (secondary N) is 3. The summed E-state index contributed by atoms with van der Waals surface area (Å²) in [6, 6.07) is 12.2. The molecule has 2 heterocycles. The minimum absolute atomic E-state index is 0.140. The molecule has 0 aliphatic carbocycles. The van der Waals surface area contributed by atoms with Crippen molar-refractivity contribution in [2.24, 2.45) is 0 Å². The number of halogens is 1. The van der Waals surface area contributed by atoms with E-state index in [0.29, 0.717) is 25.4 Å². The van der Waals surface area contributed by atoms with Crippen LogP contribution in [-0.2, 0) is 0 Å². The number of imidazole rings is 1. The number of pyridine rings is 1. The average Bonchev–Trinajstić information content (AvgIpc) is 3.25. The Morgan fingerprint density at radius 2 is 1.94 bits per heavy atom. The van der Waals surface area contributed by atoms with Gasteiger partial charge < -0.3 is 10.3 Å². The van der Waals surface area contributed by atoms with Gasteiger partial charge in [0.2, 0.25) is 0 Å². The van der Waals surface area contributed by atoms with Gasteiger partial charge in [0.1, 0.15) is 0 Å². The summed E-state index contributed by atoms with van der Waals surface area (Å²) in [5.41, 5.74) is 3.74. The molecule has 0 unspecified atom stereocenters. The lowest BCUT2D eigenvalue weighted by Gasteiger charge is -2.10. The van der Waals surface area contributed by atoms with E-state index in [1.165, 1.54) is 11.8 Å². The van der Waals surface area contributed by atoms with Gasteiger partial charge in [0, 0.05) is 23.0 Å². The average molecular weight is 498 g/mol. The predicted molar refractivity (Wildman–Crippen MR) is 140 cm³/mol. The Balaban J connectivity index is 1.44. The van der Waals surface area contributed by atoms with E-state index in [1.807, 2.05) is 26.0 Å². The Labute approximate surface area is 203 Å². The van der Waals surface area contributed by atoms with Crippen LogP contribution in [0.3, 0.4) is 0 Å². The number of benzene rings is 2. The van der Waals surface area contributed by atoms with E-state index in [-0.39, 0.29) is 5.56 Å². The number of thioether (sulfide) groups is 1. The number of H-pyrrole nitrogens is 1. The fourth-order valence-electron chi connectivity index (χ4n) is 3.07. The van der Waals surface area contributed by atoms with E-state index < -0.39 is 6.03 Å². The fraction of sp³-hybridized carbons (Fsp3) is 0.0870. The smallest absolute Gasteiger partial charge is 0.329 e. The summed E-state index contributed by atoms with van der Waals surface area (Å²) in [4.78, 5) is 32.5. The number of nitrogens with zero attached hydrogens (tertiary/aromatic N) is 2. The molecule has 0 aliphatic heterocycles. The highest BCUT2D eigenvalue weighted by atomic mass is 35.5. The normalized spacial score (nSPS) is 10.9. The van der Waals surface area contributed by atoms with Crippen molar-refractivity contribution in [2.45, 2.75) is 13.8 Å². The van der Waals surface area contributed by atoms with Crippen LogP contribution < -0.4 is 15.6 Å². The standard InChI is InChI=1S/C23H20ClN5O2S2/c1-13(2)21(24)32-14(3)33-28-23(31)27-16-4-6-17(7-5-16)29-9-8-15-10-19-20(26-12-25-19)11-18(15)22(29)30/h4-12H,3H2,1-2H3,(H,25,26)(H2,27,28,31). The monoisotopic (exact) mass is 497 g/mol. The second kappa shape index (κ2) is 9.78. The molecule has 0 atom stereocenters. The molecule has 168 valence electrons. The summed E-state index contributed by atoms with van der Waals surface area (Å²) in [6.07, 6.45) is 3.34. The number of hydrogen-bond donors (Lipinski definition) is 3. The second-order valence-corrected chi connectivity index (χ2v) is 10.2. The third kappa shape index (κ3) is 5.27. The molecule has 7 nitrogen and oxygen atoms in total. The van der Waals surface area contributed by atoms with Crippen molar-refractivity contribution < 1.29 is 4.79 Å². The number of anilines is 1. The molecule has 3 N–H and O–H groups in total. The molecular formula is C23H20ClN5O2S2. The molecule has 4 aromatic rings. The van der Waals surface area contributed by atoms with Gasteiger partial charge in [-0.05, 0) is 73.6 Å². The molecule has 33 heavy (non-hydrogen) atoms. The zero-order chi connectivity index (χ0) is 23.5. The summed E-state index contributed by atoms with van der Waals surface area (Å²) in [5, 5.41) is 4.17. The van der Waals surface area contributed by atoms with Crippen LogP contribution in [0.4, 0.5) is 10.5 Å². The largest absolute Gasteiger partial charge is 0.345 e. The van der Waals surface area contributed by atoms with Crippen LogP contribution in [-0.4, -0.2) is 20.6 Å². The van der Waals surface area contributed by atoms with Gasteiger partial charge >= 0.3 is 6.03 Å². The molecule has 0 fully saturated rings. The summed E-state index contributed by atoms with van der Waals surface area (Å²) >= 11 is 8.48. The number of urea groups is 1. The van der Waals surface area contributed by atoms with E-state index in [9.17, 15) is 9.59 Å². The molecule has 0 spiro atoms. The lowest BCUT2D eigenvalue weighted by atomic mass is 10.1. The Morgan fingerprint density at radius 1 is 1.18 bits per heavy atom. The molecule has 0 saturated carbocycles. The number of rotatable bonds is 6. The van der Waals surface area contributed by atoms with E-state index in [4.69, 9.17) is 11.6 Å². The number of amides is 2. The van der Waals surface area contributed by atoms with Gasteiger partial charge in [-0.3, -0.25) is 14.1 Å². The zero-order valence-corrected chi connectivity index (χ0v) is 20.2. The number of allylic oxidation sites excluding steroid dienone is 1. The predicted octanol–water partition coefficient (Wildman–Crippen LogP) is 6.33. The van der Waals surface area contributed by atoms with E-state index in [2.05, 4.69) is 26.6 Å². The van der Waals surface area contributed by atoms with Gasteiger partial charge in [-0.2, -0.15) is 0 Å². The molecule has 0 radical (unpaired) electrons. The second-order valence-electron chi connectivity index (χ2n) is 7.30.